The third-order valence-corrected chi connectivity index (χ3v) is 5.95. The molecule has 1 saturated carbocycles. The summed E-state index contributed by atoms with van der Waals surface area (Å²) < 4.78 is 0. The van der Waals surface area contributed by atoms with Crippen LogP contribution in [-0.4, -0.2) is 32.6 Å². The van der Waals surface area contributed by atoms with Gasteiger partial charge in [-0.1, -0.05) is 0 Å². The Morgan fingerprint density at radius 1 is 1.30 bits per heavy atom. The van der Waals surface area contributed by atoms with Gasteiger partial charge in [0.15, 0.2) is 0 Å². The number of carboxylic acid groups (broad SMARTS) is 1. The molecule has 2 aliphatic carbocycles. The Labute approximate surface area is 156 Å². The highest BCUT2D eigenvalue weighted by molar-refractivity contribution is 5.95. The van der Waals surface area contributed by atoms with Gasteiger partial charge in [-0.2, -0.15) is 0 Å². The van der Waals surface area contributed by atoms with Crippen molar-refractivity contribution in [3.8, 4) is 22.5 Å². The molecule has 2 aliphatic rings. The predicted octanol–water partition coefficient (Wildman–Crippen LogP) is 2.93. The van der Waals surface area contributed by atoms with Crippen molar-refractivity contribution in [2.45, 2.75) is 31.1 Å². The van der Waals surface area contributed by atoms with E-state index in [9.17, 15) is 9.90 Å². The Morgan fingerprint density at radius 3 is 2.81 bits per heavy atom. The van der Waals surface area contributed by atoms with Gasteiger partial charge in [-0.05, 0) is 55.0 Å². The van der Waals surface area contributed by atoms with Gasteiger partial charge in [-0.3, -0.25) is 9.97 Å². The average Bonchev–Trinajstić information content (AvgIpc) is 3.40. The quantitative estimate of drug-likeness (QED) is 0.663. The second-order valence-corrected chi connectivity index (χ2v) is 7.49. The van der Waals surface area contributed by atoms with Crippen LogP contribution in [0.2, 0.25) is 0 Å². The van der Waals surface area contributed by atoms with Gasteiger partial charge in [-0.25, -0.2) is 4.79 Å². The van der Waals surface area contributed by atoms with E-state index in [1.807, 2.05) is 24.4 Å². The number of hydrogen-bond acceptors (Lipinski definition) is 4. The molecule has 136 valence electrons. The highest BCUT2D eigenvalue weighted by Crippen LogP contribution is 2.51. The maximum atomic E-state index is 12.1. The van der Waals surface area contributed by atoms with Crippen molar-refractivity contribution in [2.24, 2.45) is 5.73 Å². The molecule has 27 heavy (non-hydrogen) atoms. The molecule has 5 rings (SSSR count). The van der Waals surface area contributed by atoms with Crippen LogP contribution in [0.3, 0.4) is 0 Å². The minimum absolute atomic E-state index is 0.204. The summed E-state index contributed by atoms with van der Waals surface area (Å²) in [5.74, 6) is -0.868. The molecular weight excluding hydrogens is 340 g/mol. The minimum Gasteiger partial charge on any atom is -0.478 e. The number of carbonyl (C=O) groups is 1. The van der Waals surface area contributed by atoms with Gasteiger partial charge in [0.25, 0.3) is 0 Å². The number of aryl methyl sites for hydroxylation is 1. The predicted molar refractivity (Wildman–Crippen MR) is 102 cm³/mol. The van der Waals surface area contributed by atoms with Gasteiger partial charge in [0, 0.05) is 47.4 Å². The number of pyridine rings is 2. The summed E-state index contributed by atoms with van der Waals surface area (Å²) >= 11 is 0. The molecule has 6 heteroatoms. The summed E-state index contributed by atoms with van der Waals surface area (Å²) in [6, 6.07) is 5.90. The zero-order chi connectivity index (χ0) is 18.6. The van der Waals surface area contributed by atoms with E-state index in [0.29, 0.717) is 18.5 Å². The number of fused-ring (bicyclic) bond motifs is 3. The number of aromatic amines is 1. The van der Waals surface area contributed by atoms with E-state index in [4.69, 9.17) is 5.73 Å². The summed E-state index contributed by atoms with van der Waals surface area (Å²) in [6.45, 7) is 0.469. The largest absolute Gasteiger partial charge is 0.478 e. The Hall–Kier alpha value is -2.99. The first kappa shape index (κ1) is 16.2. The zero-order valence-electron chi connectivity index (χ0n) is 14.8. The number of aromatic carboxylic acids is 1. The Balaban J connectivity index is 1.70. The summed E-state index contributed by atoms with van der Waals surface area (Å²) in [5.41, 5.74) is 12.8. The number of H-pyrrole nitrogens is 1. The molecule has 0 aliphatic heterocycles. The molecular formula is C21H20N4O2. The first-order valence-electron chi connectivity index (χ1n) is 9.21. The van der Waals surface area contributed by atoms with E-state index in [2.05, 4.69) is 15.0 Å². The molecule has 3 heterocycles. The number of nitrogens with two attached hydrogens (primary N) is 1. The van der Waals surface area contributed by atoms with Gasteiger partial charge >= 0.3 is 5.97 Å². The molecule has 0 atom stereocenters. The van der Waals surface area contributed by atoms with Crippen molar-refractivity contribution in [3.63, 3.8) is 0 Å². The lowest BCUT2D eigenvalue weighted by molar-refractivity contribution is 0.0694. The Bertz CT molecular complexity index is 1050. The first-order valence-corrected chi connectivity index (χ1v) is 9.21. The third-order valence-electron chi connectivity index (χ3n) is 5.95. The number of hydrogen-bond donors (Lipinski definition) is 3. The maximum absolute atomic E-state index is 12.1. The van der Waals surface area contributed by atoms with Crippen molar-refractivity contribution in [2.75, 3.05) is 6.54 Å². The fraction of sp³-hybridized carbons (Fsp3) is 0.286. The van der Waals surface area contributed by atoms with E-state index in [1.54, 1.807) is 12.4 Å². The molecule has 0 radical (unpaired) electrons. The van der Waals surface area contributed by atoms with E-state index in [1.165, 1.54) is 0 Å². The van der Waals surface area contributed by atoms with E-state index >= 15 is 0 Å². The van der Waals surface area contributed by atoms with E-state index in [-0.39, 0.29) is 5.41 Å². The molecule has 0 amide bonds. The van der Waals surface area contributed by atoms with Crippen LogP contribution >= 0.6 is 0 Å². The molecule has 4 N–H and O–H groups in total. The molecule has 3 aromatic rings. The molecule has 6 nitrogen and oxygen atoms in total. The lowest BCUT2D eigenvalue weighted by atomic mass is 9.87. The molecule has 0 bridgehead atoms. The number of rotatable bonds is 4. The summed E-state index contributed by atoms with van der Waals surface area (Å²) in [4.78, 5) is 24.3. The SMILES string of the molecule is NCC1(c2[nH]c3c(c2C(=O)O)CCc2cnc(-c4cccnc4)cc2-3)CC1. The average molecular weight is 360 g/mol. The maximum Gasteiger partial charge on any atom is 0.337 e. The Kier molecular flexibility index (Phi) is 3.45. The zero-order valence-corrected chi connectivity index (χ0v) is 14.8. The number of nitrogens with one attached hydrogen (secondary N) is 1. The van der Waals surface area contributed by atoms with Gasteiger partial charge < -0.3 is 15.8 Å². The van der Waals surface area contributed by atoms with Crippen LogP contribution in [0, 0.1) is 0 Å². The topological polar surface area (TPSA) is 105 Å². The van der Waals surface area contributed by atoms with Crippen molar-refractivity contribution in [1.82, 2.24) is 15.0 Å². The van der Waals surface area contributed by atoms with Crippen LogP contribution in [-0.2, 0) is 18.3 Å². The van der Waals surface area contributed by atoms with Gasteiger partial charge in [0.05, 0.1) is 17.0 Å². The molecule has 0 aromatic carbocycles. The second-order valence-electron chi connectivity index (χ2n) is 7.49. The fourth-order valence-electron chi connectivity index (χ4n) is 4.21. The highest BCUT2D eigenvalue weighted by atomic mass is 16.4. The second kappa shape index (κ2) is 5.76. The van der Waals surface area contributed by atoms with Gasteiger partial charge in [-0.15, -0.1) is 0 Å². The van der Waals surface area contributed by atoms with Crippen molar-refractivity contribution < 1.29 is 9.90 Å². The fourth-order valence-corrected chi connectivity index (χ4v) is 4.21. The van der Waals surface area contributed by atoms with Crippen LogP contribution < -0.4 is 5.73 Å². The number of nitrogens with zero attached hydrogens (tertiary/aromatic N) is 2. The number of aromatic nitrogens is 3. The standard InChI is InChI=1S/C21H20N4O2/c22-11-21(5-6-21)19-17(20(26)27)14-4-3-12-10-24-16(8-15(12)18(14)25-19)13-2-1-7-23-9-13/h1-2,7-10,25H,3-6,11,22H2,(H,26,27). The van der Waals surface area contributed by atoms with Crippen molar-refractivity contribution in [1.29, 1.82) is 0 Å². The van der Waals surface area contributed by atoms with Crippen LogP contribution in [0.25, 0.3) is 22.5 Å². The van der Waals surface area contributed by atoms with E-state index < -0.39 is 5.97 Å². The third kappa shape index (κ3) is 2.40. The van der Waals surface area contributed by atoms with Gasteiger partial charge in [0.1, 0.15) is 0 Å². The summed E-state index contributed by atoms with van der Waals surface area (Å²) in [5, 5.41) is 9.90. The van der Waals surface area contributed by atoms with Crippen LogP contribution in [0.15, 0.2) is 36.8 Å². The van der Waals surface area contributed by atoms with Gasteiger partial charge in [0.2, 0.25) is 0 Å². The number of carboxylic acids is 1. The monoisotopic (exact) mass is 360 g/mol. The Morgan fingerprint density at radius 2 is 2.15 bits per heavy atom. The van der Waals surface area contributed by atoms with Crippen LogP contribution in [0.4, 0.5) is 0 Å². The molecule has 0 saturated heterocycles. The lowest BCUT2D eigenvalue weighted by Crippen LogP contribution is -2.23. The molecule has 0 spiro atoms. The first-order chi connectivity index (χ1) is 13.1. The smallest absolute Gasteiger partial charge is 0.337 e. The van der Waals surface area contributed by atoms with Crippen molar-refractivity contribution in [3.05, 3.63) is 59.2 Å². The van der Waals surface area contributed by atoms with Crippen molar-refractivity contribution >= 4 is 5.97 Å². The molecule has 0 unspecified atom stereocenters. The minimum atomic E-state index is -0.868. The normalized spacial score (nSPS) is 16.5. The summed E-state index contributed by atoms with van der Waals surface area (Å²) in [7, 11) is 0. The van der Waals surface area contributed by atoms with Crippen LogP contribution in [0.1, 0.15) is 40.0 Å². The van der Waals surface area contributed by atoms with E-state index in [0.717, 1.165) is 58.6 Å². The molecule has 1 fully saturated rings. The summed E-state index contributed by atoms with van der Waals surface area (Å²) in [6.07, 6.45) is 8.79. The lowest BCUT2D eigenvalue weighted by Gasteiger charge is -2.17. The van der Waals surface area contributed by atoms with Crippen LogP contribution in [0.5, 0.6) is 0 Å². The highest BCUT2D eigenvalue weighted by Gasteiger charge is 2.48. The molecule has 3 aromatic heterocycles.